The van der Waals surface area contributed by atoms with Gasteiger partial charge in [0.25, 0.3) is 5.69 Å². The molecule has 1 unspecified atom stereocenters. The molecule has 1 fully saturated rings. The standard InChI is InChI=1S/C16H24N2O2/c1-3-16(17-12(2)13-7-4-5-8-13)14-9-6-10-15(11-14)18(19)20/h6,9-13,16-17H,3-5,7-8H2,1-2H3/t12-,16?/m1/s1. The number of nitrogens with zero attached hydrogens (tertiary/aromatic N) is 1. The summed E-state index contributed by atoms with van der Waals surface area (Å²) in [5, 5.41) is 14.5. The molecule has 0 heterocycles. The van der Waals surface area contributed by atoms with E-state index in [0.29, 0.717) is 6.04 Å². The normalized spacial score (nSPS) is 18.9. The summed E-state index contributed by atoms with van der Waals surface area (Å²) in [4.78, 5) is 10.6. The molecule has 1 aromatic carbocycles. The SMILES string of the molecule is CCC(N[C@H](C)C1CCCC1)c1cccc([N+](=O)[O-])c1. The van der Waals surface area contributed by atoms with E-state index in [1.807, 2.05) is 6.07 Å². The first-order valence-electron chi connectivity index (χ1n) is 7.62. The number of hydrogen-bond acceptors (Lipinski definition) is 3. The van der Waals surface area contributed by atoms with Crippen molar-refractivity contribution in [1.29, 1.82) is 0 Å². The van der Waals surface area contributed by atoms with Crippen molar-refractivity contribution < 1.29 is 4.92 Å². The van der Waals surface area contributed by atoms with Gasteiger partial charge in [0.15, 0.2) is 0 Å². The summed E-state index contributed by atoms with van der Waals surface area (Å²) in [5.41, 5.74) is 1.20. The maximum absolute atomic E-state index is 10.9. The van der Waals surface area contributed by atoms with Gasteiger partial charge in [-0.05, 0) is 37.7 Å². The molecular weight excluding hydrogens is 252 g/mol. The molecule has 0 aromatic heterocycles. The van der Waals surface area contributed by atoms with E-state index in [-0.39, 0.29) is 16.7 Å². The molecule has 0 amide bonds. The summed E-state index contributed by atoms with van der Waals surface area (Å²) in [7, 11) is 0. The van der Waals surface area contributed by atoms with Crippen LogP contribution in [-0.4, -0.2) is 11.0 Å². The zero-order chi connectivity index (χ0) is 14.5. The average Bonchev–Trinajstić information content (AvgIpc) is 2.99. The monoisotopic (exact) mass is 276 g/mol. The maximum atomic E-state index is 10.9. The first-order chi connectivity index (χ1) is 9.61. The number of nitro benzene ring substituents is 1. The second kappa shape index (κ2) is 6.84. The van der Waals surface area contributed by atoms with Gasteiger partial charge < -0.3 is 5.32 Å². The molecule has 0 aliphatic heterocycles. The van der Waals surface area contributed by atoms with E-state index < -0.39 is 0 Å². The molecule has 1 aliphatic rings. The largest absolute Gasteiger partial charge is 0.307 e. The Bertz CT molecular complexity index is 456. The third-order valence-electron chi connectivity index (χ3n) is 4.46. The van der Waals surface area contributed by atoms with E-state index in [1.54, 1.807) is 18.2 Å². The van der Waals surface area contributed by atoms with Gasteiger partial charge in [-0.1, -0.05) is 31.9 Å². The zero-order valence-corrected chi connectivity index (χ0v) is 12.3. The lowest BCUT2D eigenvalue weighted by atomic mass is 9.96. The van der Waals surface area contributed by atoms with Crippen LogP contribution in [0.5, 0.6) is 0 Å². The van der Waals surface area contributed by atoms with Crippen LogP contribution in [0.15, 0.2) is 24.3 Å². The molecule has 1 aromatic rings. The zero-order valence-electron chi connectivity index (χ0n) is 12.3. The number of rotatable bonds is 6. The first-order valence-corrected chi connectivity index (χ1v) is 7.62. The van der Waals surface area contributed by atoms with Gasteiger partial charge in [-0.2, -0.15) is 0 Å². The minimum absolute atomic E-state index is 0.177. The summed E-state index contributed by atoms with van der Waals surface area (Å²) in [6.45, 7) is 4.37. The molecule has 0 spiro atoms. The molecule has 2 atom stereocenters. The van der Waals surface area contributed by atoms with E-state index in [0.717, 1.165) is 17.9 Å². The summed E-state index contributed by atoms with van der Waals surface area (Å²) in [5.74, 6) is 0.753. The van der Waals surface area contributed by atoms with E-state index in [9.17, 15) is 10.1 Å². The van der Waals surface area contributed by atoms with Crippen LogP contribution < -0.4 is 5.32 Å². The van der Waals surface area contributed by atoms with E-state index in [1.165, 1.54) is 25.7 Å². The number of non-ortho nitro benzene ring substituents is 1. The van der Waals surface area contributed by atoms with Crippen LogP contribution in [0.1, 0.15) is 57.6 Å². The third-order valence-corrected chi connectivity index (χ3v) is 4.46. The summed E-state index contributed by atoms with van der Waals surface area (Å²) in [6.07, 6.45) is 6.23. The molecular formula is C16H24N2O2. The predicted molar refractivity (Wildman–Crippen MR) is 80.7 cm³/mol. The van der Waals surface area contributed by atoms with Crippen molar-refractivity contribution in [1.82, 2.24) is 5.32 Å². The molecule has 110 valence electrons. The van der Waals surface area contributed by atoms with E-state index >= 15 is 0 Å². The molecule has 20 heavy (non-hydrogen) atoms. The quantitative estimate of drug-likeness (QED) is 0.625. The average molecular weight is 276 g/mol. The first kappa shape index (κ1) is 15.0. The number of nitrogens with one attached hydrogen (secondary N) is 1. The number of nitro groups is 1. The van der Waals surface area contributed by atoms with Crippen molar-refractivity contribution in [3.05, 3.63) is 39.9 Å². The van der Waals surface area contributed by atoms with Crippen LogP contribution in [0.3, 0.4) is 0 Å². The smallest absolute Gasteiger partial charge is 0.269 e. The van der Waals surface area contributed by atoms with Crippen molar-refractivity contribution in [3.8, 4) is 0 Å². The van der Waals surface area contributed by atoms with Crippen LogP contribution in [-0.2, 0) is 0 Å². The highest BCUT2D eigenvalue weighted by molar-refractivity contribution is 5.35. The van der Waals surface area contributed by atoms with Crippen molar-refractivity contribution in [3.63, 3.8) is 0 Å². The minimum Gasteiger partial charge on any atom is -0.307 e. The molecule has 1 aliphatic carbocycles. The Balaban J connectivity index is 2.07. The summed E-state index contributed by atoms with van der Waals surface area (Å²) < 4.78 is 0. The van der Waals surface area contributed by atoms with Gasteiger partial charge in [0.05, 0.1) is 4.92 Å². The Hall–Kier alpha value is -1.42. The highest BCUT2D eigenvalue weighted by Gasteiger charge is 2.24. The molecule has 0 saturated heterocycles. The van der Waals surface area contributed by atoms with Gasteiger partial charge in [0, 0.05) is 24.2 Å². The van der Waals surface area contributed by atoms with Crippen LogP contribution in [0, 0.1) is 16.0 Å². The predicted octanol–water partition coefficient (Wildman–Crippen LogP) is 4.21. The Morgan fingerprint density at radius 3 is 2.70 bits per heavy atom. The molecule has 1 saturated carbocycles. The van der Waals surface area contributed by atoms with Gasteiger partial charge in [-0.25, -0.2) is 0 Å². The number of hydrogen-bond donors (Lipinski definition) is 1. The lowest BCUT2D eigenvalue weighted by Gasteiger charge is -2.26. The van der Waals surface area contributed by atoms with Crippen LogP contribution >= 0.6 is 0 Å². The van der Waals surface area contributed by atoms with Crippen LogP contribution in [0.25, 0.3) is 0 Å². The van der Waals surface area contributed by atoms with Gasteiger partial charge >= 0.3 is 0 Å². The molecule has 0 bridgehead atoms. The Morgan fingerprint density at radius 2 is 2.10 bits per heavy atom. The van der Waals surface area contributed by atoms with Gasteiger partial charge in [-0.3, -0.25) is 10.1 Å². The molecule has 4 heteroatoms. The fourth-order valence-electron chi connectivity index (χ4n) is 3.22. The van der Waals surface area contributed by atoms with Crippen LogP contribution in [0.2, 0.25) is 0 Å². The van der Waals surface area contributed by atoms with Crippen molar-refractivity contribution >= 4 is 5.69 Å². The Morgan fingerprint density at radius 1 is 1.40 bits per heavy atom. The molecule has 4 nitrogen and oxygen atoms in total. The molecule has 1 N–H and O–H groups in total. The fourth-order valence-corrected chi connectivity index (χ4v) is 3.22. The molecule has 2 rings (SSSR count). The van der Waals surface area contributed by atoms with E-state index in [4.69, 9.17) is 0 Å². The second-order valence-corrected chi connectivity index (χ2v) is 5.81. The third kappa shape index (κ3) is 3.57. The van der Waals surface area contributed by atoms with Gasteiger partial charge in [0.1, 0.15) is 0 Å². The van der Waals surface area contributed by atoms with E-state index in [2.05, 4.69) is 19.2 Å². The Kier molecular flexibility index (Phi) is 5.12. The topological polar surface area (TPSA) is 55.2 Å². The van der Waals surface area contributed by atoms with Crippen molar-refractivity contribution in [2.75, 3.05) is 0 Å². The van der Waals surface area contributed by atoms with Crippen LogP contribution in [0.4, 0.5) is 5.69 Å². The lowest BCUT2D eigenvalue weighted by Crippen LogP contribution is -2.35. The summed E-state index contributed by atoms with van der Waals surface area (Å²) in [6, 6.07) is 7.68. The highest BCUT2D eigenvalue weighted by Crippen LogP contribution is 2.30. The van der Waals surface area contributed by atoms with Crippen molar-refractivity contribution in [2.24, 2.45) is 5.92 Å². The maximum Gasteiger partial charge on any atom is 0.269 e. The summed E-state index contributed by atoms with van der Waals surface area (Å²) >= 11 is 0. The lowest BCUT2D eigenvalue weighted by molar-refractivity contribution is -0.384. The Labute approximate surface area is 120 Å². The second-order valence-electron chi connectivity index (χ2n) is 5.81. The minimum atomic E-state index is -0.323. The molecule has 0 radical (unpaired) electrons. The number of benzene rings is 1. The highest BCUT2D eigenvalue weighted by atomic mass is 16.6. The van der Waals surface area contributed by atoms with Gasteiger partial charge in [0.2, 0.25) is 0 Å². The van der Waals surface area contributed by atoms with Gasteiger partial charge in [-0.15, -0.1) is 0 Å². The fraction of sp³-hybridized carbons (Fsp3) is 0.625. The van der Waals surface area contributed by atoms with Crippen molar-refractivity contribution in [2.45, 2.75) is 58.0 Å².